The maximum absolute atomic E-state index is 12.3. The van der Waals surface area contributed by atoms with Crippen molar-refractivity contribution in [2.45, 2.75) is 18.7 Å². The van der Waals surface area contributed by atoms with Crippen molar-refractivity contribution in [3.05, 3.63) is 46.2 Å². The highest BCUT2D eigenvalue weighted by molar-refractivity contribution is 7.91. The Morgan fingerprint density at radius 1 is 1.38 bits per heavy atom. The average molecular weight is 318 g/mol. The number of aryl methyl sites for hydroxylation is 1. The van der Waals surface area contributed by atoms with Crippen molar-refractivity contribution in [1.29, 1.82) is 5.26 Å². The molecule has 6 heteroatoms. The summed E-state index contributed by atoms with van der Waals surface area (Å²) in [5.41, 5.74) is 2.23. The fourth-order valence-corrected chi connectivity index (χ4v) is 3.39. The van der Waals surface area contributed by atoms with Crippen LogP contribution >= 0.6 is 12.2 Å². The van der Waals surface area contributed by atoms with Gasteiger partial charge in [-0.15, -0.1) is 0 Å². The SMILES string of the molecule is CCS(=O)(=O)c1c[nH]c(=S)c(C#N)c1-c1cccc(C)c1. The van der Waals surface area contributed by atoms with Crippen LogP contribution in [0.4, 0.5) is 0 Å². The molecule has 0 atom stereocenters. The number of hydrogen-bond acceptors (Lipinski definition) is 4. The number of pyridine rings is 1. The van der Waals surface area contributed by atoms with E-state index in [0.717, 1.165) is 5.56 Å². The van der Waals surface area contributed by atoms with E-state index in [4.69, 9.17) is 12.2 Å². The molecule has 0 saturated carbocycles. The van der Waals surface area contributed by atoms with Crippen molar-refractivity contribution in [3.8, 4) is 17.2 Å². The summed E-state index contributed by atoms with van der Waals surface area (Å²) >= 11 is 5.12. The van der Waals surface area contributed by atoms with E-state index < -0.39 is 9.84 Å². The fraction of sp³-hybridized carbons (Fsp3) is 0.200. The standard InChI is InChI=1S/C15H14N2O2S2/c1-3-21(18,19)13-9-17-15(20)12(8-16)14(13)11-6-4-5-10(2)7-11/h4-7,9H,3H2,1-2H3,(H,17,20). The number of nitrogens with zero attached hydrogens (tertiary/aromatic N) is 1. The lowest BCUT2D eigenvalue weighted by atomic mass is 10.0. The highest BCUT2D eigenvalue weighted by atomic mass is 32.2. The van der Waals surface area contributed by atoms with Crippen LogP contribution in [0.5, 0.6) is 0 Å². The number of hydrogen-bond donors (Lipinski definition) is 1. The van der Waals surface area contributed by atoms with Crippen LogP contribution in [0.3, 0.4) is 0 Å². The van der Waals surface area contributed by atoms with Crippen LogP contribution in [0.2, 0.25) is 0 Å². The number of sulfone groups is 1. The monoisotopic (exact) mass is 318 g/mol. The van der Waals surface area contributed by atoms with Gasteiger partial charge in [-0.05, 0) is 12.5 Å². The van der Waals surface area contributed by atoms with Crippen molar-refractivity contribution in [1.82, 2.24) is 4.98 Å². The topological polar surface area (TPSA) is 73.7 Å². The molecule has 0 amide bonds. The molecule has 0 spiro atoms. The molecule has 0 fully saturated rings. The van der Waals surface area contributed by atoms with E-state index >= 15 is 0 Å². The van der Waals surface area contributed by atoms with E-state index in [1.54, 1.807) is 13.0 Å². The van der Waals surface area contributed by atoms with E-state index in [9.17, 15) is 13.7 Å². The van der Waals surface area contributed by atoms with Gasteiger partial charge in [0.1, 0.15) is 10.7 Å². The second-order valence-corrected chi connectivity index (χ2v) is 7.27. The van der Waals surface area contributed by atoms with E-state index in [2.05, 4.69) is 4.98 Å². The molecular formula is C15H14N2O2S2. The first-order valence-corrected chi connectivity index (χ1v) is 8.42. The van der Waals surface area contributed by atoms with Crippen LogP contribution < -0.4 is 0 Å². The molecule has 0 bridgehead atoms. The molecule has 21 heavy (non-hydrogen) atoms. The van der Waals surface area contributed by atoms with E-state index in [1.807, 2.05) is 31.2 Å². The zero-order valence-corrected chi connectivity index (χ0v) is 13.3. The Morgan fingerprint density at radius 2 is 2.10 bits per heavy atom. The highest BCUT2D eigenvalue weighted by Gasteiger charge is 2.22. The van der Waals surface area contributed by atoms with Crippen LogP contribution in [0.25, 0.3) is 11.1 Å². The lowest BCUT2D eigenvalue weighted by molar-refractivity contribution is 0.597. The number of rotatable bonds is 3. The van der Waals surface area contributed by atoms with E-state index in [1.165, 1.54) is 6.20 Å². The quantitative estimate of drug-likeness (QED) is 0.880. The minimum atomic E-state index is -3.47. The van der Waals surface area contributed by atoms with Crippen LogP contribution in [0.1, 0.15) is 18.1 Å². The van der Waals surface area contributed by atoms with Gasteiger partial charge in [0, 0.05) is 11.8 Å². The Hall–Kier alpha value is -1.97. The molecule has 1 heterocycles. The van der Waals surface area contributed by atoms with Gasteiger partial charge in [-0.25, -0.2) is 8.42 Å². The number of aromatic amines is 1. The van der Waals surface area contributed by atoms with E-state index in [-0.39, 0.29) is 20.9 Å². The predicted molar refractivity (Wildman–Crippen MR) is 84.2 cm³/mol. The Morgan fingerprint density at radius 3 is 2.67 bits per heavy atom. The third kappa shape index (κ3) is 2.89. The van der Waals surface area contributed by atoms with Crippen molar-refractivity contribution >= 4 is 22.1 Å². The summed E-state index contributed by atoms with van der Waals surface area (Å²) in [5.74, 6) is -0.0404. The predicted octanol–water partition coefficient (Wildman–Crippen LogP) is 3.38. The third-order valence-electron chi connectivity index (χ3n) is 3.19. The summed E-state index contributed by atoms with van der Waals surface area (Å²) in [5, 5.41) is 9.36. The van der Waals surface area contributed by atoms with Gasteiger partial charge in [0.15, 0.2) is 9.84 Å². The molecule has 4 nitrogen and oxygen atoms in total. The van der Waals surface area contributed by atoms with Gasteiger partial charge in [-0.1, -0.05) is 49.0 Å². The molecule has 0 aliphatic carbocycles. The van der Waals surface area contributed by atoms with E-state index in [0.29, 0.717) is 11.1 Å². The fourth-order valence-electron chi connectivity index (χ4n) is 2.11. The molecule has 1 aromatic heterocycles. The van der Waals surface area contributed by atoms with Crippen LogP contribution in [0.15, 0.2) is 35.4 Å². The summed E-state index contributed by atoms with van der Waals surface area (Å²) in [6, 6.07) is 9.39. The van der Waals surface area contributed by atoms with Crippen molar-refractivity contribution in [2.75, 3.05) is 5.75 Å². The first-order chi connectivity index (χ1) is 9.90. The molecule has 1 N–H and O–H groups in total. The summed E-state index contributed by atoms with van der Waals surface area (Å²) in [4.78, 5) is 2.81. The van der Waals surface area contributed by atoms with Crippen molar-refractivity contribution in [2.24, 2.45) is 0 Å². The molecule has 0 aliphatic rings. The molecule has 0 aliphatic heterocycles. The molecule has 108 valence electrons. The summed E-state index contributed by atoms with van der Waals surface area (Å²) in [6.07, 6.45) is 1.37. The lowest BCUT2D eigenvalue weighted by Gasteiger charge is -2.12. The van der Waals surface area contributed by atoms with Gasteiger partial charge in [0.2, 0.25) is 0 Å². The van der Waals surface area contributed by atoms with Crippen LogP contribution in [-0.4, -0.2) is 19.2 Å². The van der Waals surface area contributed by atoms with Crippen LogP contribution in [-0.2, 0) is 9.84 Å². The first kappa shape index (κ1) is 15.4. The minimum Gasteiger partial charge on any atom is -0.350 e. The van der Waals surface area contributed by atoms with Gasteiger partial charge < -0.3 is 4.98 Å². The summed E-state index contributed by atoms with van der Waals surface area (Å²) in [6.45, 7) is 3.48. The molecule has 2 aromatic rings. The normalized spacial score (nSPS) is 11.1. The van der Waals surface area contributed by atoms with Crippen molar-refractivity contribution in [3.63, 3.8) is 0 Å². The van der Waals surface area contributed by atoms with Gasteiger partial charge in [0.25, 0.3) is 0 Å². The molecule has 0 radical (unpaired) electrons. The maximum Gasteiger partial charge on any atom is 0.180 e. The van der Waals surface area contributed by atoms with Gasteiger partial charge in [-0.2, -0.15) is 5.26 Å². The Balaban J connectivity index is 2.95. The maximum atomic E-state index is 12.3. The van der Waals surface area contributed by atoms with Gasteiger partial charge in [0.05, 0.1) is 16.2 Å². The van der Waals surface area contributed by atoms with Crippen molar-refractivity contribution < 1.29 is 8.42 Å². The van der Waals surface area contributed by atoms with Gasteiger partial charge in [-0.3, -0.25) is 0 Å². The minimum absolute atomic E-state index is 0.0404. The Kier molecular flexibility index (Phi) is 4.26. The zero-order valence-electron chi connectivity index (χ0n) is 11.7. The Labute approximate surface area is 129 Å². The zero-order chi connectivity index (χ0) is 15.6. The number of benzene rings is 1. The molecule has 2 rings (SSSR count). The summed E-state index contributed by atoms with van der Waals surface area (Å²) < 4.78 is 24.8. The smallest absolute Gasteiger partial charge is 0.180 e. The lowest BCUT2D eigenvalue weighted by Crippen LogP contribution is -2.08. The summed E-state index contributed by atoms with van der Waals surface area (Å²) in [7, 11) is -3.47. The average Bonchev–Trinajstić information content (AvgIpc) is 2.46. The number of nitriles is 1. The highest BCUT2D eigenvalue weighted by Crippen LogP contribution is 2.31. The first-order valence-electron chi connectivity index (χ1n) is 6.36. The molecule has 0 saturated heterocycles. The number of aromatic nitrogens is 1. The number of nitrogens with one attached hydrogen (secondary N) is 1. The Bertz CT molecular complexity index is 891. The number of H-pyrrole nitrogens is 1. The molecule has 0 unspecified atom stereocenters. The largest absolute Gasteiger partial charge is 0.350 e. The van der Waals surface area contributed by atoms with Gasteiger partial charge >= 0.3 is 0 Å². The second-order valence-electron chi connectivity index (χ2n) is 4.62. The third-order valence-corrected chi connectivity index (χ3v) is 5.27. The molecule has 1 aromatic carbocycles. The molecular weight excluding hydrogens is 304 g/mol. The second kappa shape index (κ2) is 5.80. The van der Waals surface area contributed by atoms with Crippen LogP contribution in [0, 0.1) is 22.9 Å².